The van der Waals surface area contributed by atoms with Crippen molar-refractivity contribution < 1.29 is 23.8 Å². The molecule has 1 heterocycles. The number of hydrogen-bond acceptors (Lipinski definition) is 6. The number of carbonyl (C=O) groups is 2. The number of hydrogen-bond donors (Lipinski definition) is 4. The Bertz CT molecular complexity index is 658. The van der Waals surface area contributed by atoms with Gasteiger partial charge in [0.1, 0.15) is 12.8 Å². The quantitative estimate of drug-likeness (QED) is 0.352. The van der Waals surface area contributed by atoms with E-state index in [2.05, 4.69) is 15.4 Å². The number of fused-ring (bicyclic) bond motifs is 3. The maximum absolute atomic E-state index is 13.7. The first-order valence-corrected chi connectivity index (χ1v) is 12.3. The number of amides is 2. The van der Waals surface area contributed by atoms with Crippen LogP contribution in [0.1, 0.15) is 57.8 Å². The Hall–Kier alpha value is -0.610. The molecule has 0 spiro atoms. The highest BCUT2D eigenvalue weighted by atomic mass is 35.5. The molecular formula is C20H31ClFN3O4S. The lowest BCUT2D eigenvalue weighted by atomic mass is 9.59. The normalized spacial score (nSPS) is 43.4. The van der Waals surface area contributed by atoms with Crippen LogP contribution in [0.5, 0.6) is 0 Å². The number of nitrogens with one attached hydrogen (secondary N) is 3. The Morgan fingerprint density at radius 1 is 1.20 bits per heavy atom. The van der Waals surface area contributed by atoms with Crippen LogP contribution in [0, 0.1) is 0 Å². The summed E-state index contributed by atoms with van der Waals surface area (Å²) in [6.07, 6.45) is 3.18. The minimum Gasteiger partial charge on any atom is -0.391 e. The molecule has 4 unspecified atom stereocenters. The highest BCUT2D eigenvalue weighted by molar-refractivity contribution is 7.97. The Labute approximate surface area is 185 Å². The molecule has 0 aromatic heterocycles. The van der Waals surface area contributed by atoms with Gasteiger partial charge in [0.2, 0.25) is 11.8 Å². The van der Waals surface area contributed by atoms with Crippen molar-refractivity contribution in [2.75, 3.05) is 12.4 Å². The van der Waals surface area contributed by atoms with Gasteiger partial charge in [-0.15, -0.1) is 11.6 Å². The number of aliphatic hydroxyl groups excluding tert-OH is 1. The van der Waals surface area contributed by atoms with Crippen LogP contribution in [-0.2, 0) is 14.3 Å². The fourth-order valence-corrected chi connectivity index (χ4v) is 6.42. The predicted octanol–water partition coefficient (Wildman–Crippen LogP) is 1.56. The van der Waals surface area contributed by atoms with E-state index in [-0.39, 0.29) is 37.0 Å². The largest absolute Gasteiger partial charge is 0.391 e. The summed E-state index contributed by atoms with van der Waals surface area (Å²) in [6.45, 7) is -0.147. The summed E-state index contributed by atoms with van der Waals surface area (Å²) in [5, 5.41) is 16.5. The summed E-state index contributed by atoms with van der Waals surface area (Å²) in [7, 11) is 0. The third-order valence-electron chi connectivity index (χ3n) is 7.24. The molecule has 5 aliphatic rings. The van der Waals surface area contributed by atoms with Crippen LogP contribution in [0.15, 0.2) is 0 Å². The molecule has 10 heteroatoms. The molecule has 7 nitrogen and oxygen atoms in total. The summed E-state index contributed by atoms with van der Waals surface area (Å²) < 4.78 is 22.5. The van der Waals surface area contributed by atoms with E-state index in [1.54, 1.807) is 11.9 Å². The SMILES string of the molecule is O=C(COC1CCC(Cl)C(F)C1)NC12CCC(NC(=O)C3CCSN3)(CC1)C[C@@H]2O. The lowest BCUT2D eigenvalue weighted by Crippen LogP contribution is -2.71. The summed E-state index contributed by atoms with van der Waals surface area (Å²) in [4.78, 5) is 25.1. The third kappa shape index (κ3) is 4.75. The van der Waals surface area contributed by atoms with Gasteiger partial charge >= 0.3 is 0 Å². The standard InChI is InChI=1S/C20H31ClFN3O4S/c21-13-2-1-12(9-14(13)22)29-11-17(27)23-20-6-4-19(5-7-20,10-16(20)26)24-18(28)15-3-8-30-25-15/h12-16,25-26H,1-11H2,(H,23,27)(H,24,28)/t12?,13?,14?,15?,16-,19?,20?/m0/s1. The summed E-state index contributed by atoms with van der Waals surface area (Å²) in [6, 6.07) is -0.176. The Balaban J connectivity index is 1.27. The maximum Gasteiger partial charge on any atom is 0.246 e. The molecule has 5 rings (SSSR count). The van der Waals surface area contributed by atoms with Crippen molar-refractivity contribution in [3.8, 4) is 0 Å². The molecule has 4 saturated carbocycles. The van der Waals surface area contributed by atoms with Crippen molar-refractivity contribution in [3.05, 3.63) is 0 Å². The fourth-order valence-electron chi connectivity index (χ4n) is 5.29. The molecule has 0 aromatic rings. The van der Waals surface area contributed by atoms with Crippen LogP contribution in [0.25, 0.3) is 0 Å². The molecule has 4 aliphatic carbocycles. The van der Waals surface area contributed by atoms with Gasteiger partial charge in [0, 0.05) is 17.7 Å². The first-order valence-electron chi connectivity index (χ1n) is 10.9. The van der Waals surface area contributed by atoms with Gasteiger partial charge in [-0.3, -0.25) is 14.3 Å². The van der Waals surface area contributed by atoms with Crippen molar-refractivity contribution in [1.29, 1.82) is 0 Å². The van der Waals surface area contributed by atoms with Crippen LogP contribution in [-0.4, -0.2) is 70.2 Å². The first-order chi connectivity index (χ1) is 14.3. The number of halogens is 2. The van der Waals surface area contributed by atoms with Crippen molar-refractivity contribution >= 4 is 35.4 Å². The molecule has 2 bridgehead atoms. The van der Waals surface area contributed by atoms with Crippen LogP contribution in [0.4, 0.5) is 4.39 Å². The zero-order valence-electron chi connectivity index (χ0n) is 17.0. The van der Waals surface area contributed by atoms with Gasteiger partial charge < -0.3 is 20.5 Å². The molecule has 30 heavy (non-hydrogen) atoms. The number of ether oxygens (including phenoxy) is 1. The monoisotopic (exact) mass is 463 g/mol. The molecule has 5 fully saturated rings. The van der Waals surface area contributed by atoms with E-state index in [1.807, 2.05) is 0 Å². The predicted molar refractivity (Wildman–Crippen MR) is 113 cm³/mol. The lowest BCUT2D eigenvalue weighted by molar-refractivity contribution is -0.140. The molecular weight excluding hydrogens is 433 g/mol. The van der Waals surface area contributed by atoms with Gasteiger partial charge in [0.15, 0.2) is 0 Å². The Kier molecular flexibility index (Phi) is 6.85. The fraction of sp³-hybridized carbons (Fsp3) is 0.900. The van der Waals surface area contributed by atoms with Crippen LogP contribution in [0.3, 0.4) is 0 Å². The highest BCUT2D eigenvalue weighted by Crippen LogP contribution is 2.47. The molecule has 170 valence electrons. The maximum atomic E-state index is 13.7. The van der Waals surface area contributed by atoms with Gasteiger partial charge in [-0.2, -0.15) is 0 Å². The Morgan fingerprint density at radius 3 is 2.60 bits per heavy atom. The molecule has 1 saturated heterocycles. The number of alkyl halides is 2. The van der Waals surface area contributed by atoms with Crippen molar-refractivity contribution in [3.63, 3.8) is 0 Å². The van der Waals surface area contributed by atoms with Crippen LogP contribution < -0.4 is 15.4 Å². The minimum absolute atomic E-state index is 0.00290. The number of rotatable bonds is 6. The van der Waals surface area contributed by atoms with E-state index in [4.69, 9.17) is 16.3 Å². The lowest BCUT2D eigenvalue weighted by Gasteiger charge is -2.56. The van der Waals surface area contributed by atoms with Crippen molar-refractivity contribution in [2.24, 2.45) is 0 Å². The van der Waals surface area contributed by atoms with E-state index in [0.717, 1.165) is 25.0 Å². The second-order valence-electron chi connectivity index (χ2n) is 9.28. The van der Waals surface area contributed by atoms with Crippen molar-refractivity contribution in [1.82, 2.24) is 15.4 Å². The first kappa shape index (κ1) is 22.6. The average molecular weight is 464 g/mol. The summed E-state index contributed by atoms with van der Waals surface area (Å²) in [5.74, 6) is 0.629. The van der Waals surface area contributed by atoms with Crippen molar-refractivity contribution in [2.45, 2.75) is 98.7 Å². The second kappa shape index (κ2) is 9.10. The number of carbonyl (C=O) groups excluding carboxylic acids is 2. The molecule has 0 aromatic carbocycles. The van der Waals surface area contributed by atoms with Gasteiger partial charge in [-0.05, 0) is 51.4 Å². The van der Waals surface area contributed by atoms with Gasteiger partial charge in [0.05, 0.1) is 29.2 Å². The van der Waals surface area contributed by atoms with Crippen LogP contribution >= 0.6 is 23.5 Å². The average Bonchev–Trinajstić information content (AvgIpc) is 3.25. The molecule has 2 amide bonds. The highest BCUT2D eigenvalue weighted by Gasteiger charge is 2.55. The second-order valence-corrected chi connectivity index (χ2v) is 10.8. The molecule has 0 radical (unpaired) electrons. The summed E-state index contributed by atoms with van der Waals surface area (Å²) >= 11 is 7.46. The van der Waals surface area contributed by atoms with Gasteiger partial charge in [-0.25, -0.2) is 4.39 Å². The van der Waals surface area contributed by atoms with Gasteiger partial charge in [0.25, 0.3) is 0 Å². The van der Waals surface area contributed by atoms with E-state index < -0.39 is 28.7 Å². The van der Waals surface area contributed by atoms with E-state index in [1.165, 1.54) is 0 Å². The van der Waals surface area contributed by atoms with Crippen LogP contribution in [0.2, 0.25) is 0 Å². The Morgan fingerprint density at radius 2 is 1.97 bits per heavy atom. The molecule has 5 atom stereocenters. The van der Waals surface area contributed by atoms with E-state index in [9.17, 15) is 19.1 Å². The van der Waals surface area contributed by atoms with E-state index >= 15 is 0 Å². The molecule has 1 aliphatic heterocycles. The van der Waals surface area contributed by atoms with Gasteiger partial charge in [-0.1, -0.05) is 11.9 Å². The number of aliphatic hydroxyl groups is 1. The smallest absolute Gasteiger partial charge is 0.246 e. The topological polar surface area (TPSA) is 99.7 Å². The molecule has 4 N–H and O–H groups in total. The minimum atomic E-state index is -1.10. The third-order valence-corrected chi connectivity index (χ3v) is 8.63. The summed E-state index contributed by atoms with van der Waals surface area (Å²) in [5.41, 5.74) is -1.07. The zero-order valence-corrected chi connectivity index (χ0v) is 18.6. The zero-order chi connectivity index (χ0) is 21.4. The van der Waals surface area contributed by atoms with E-state index in [0.29, 0.717) is 32.1 Å².